The van der Waals surface area contributed by atoms with Crippen molar-refractivity contribution in [2.24, 2.45) is 0 Å². The number of aromatic nitrogens is 1. The molecule has 0 spiro atoms. The molecule has 1 aliphatic rings. The minimum Gasteiger partial charge on any atom is -0.493 e. The molecule has 0 aliphatic heterocycles. The molecule has 0 saturated heterocycles. The van der Waals surface area contributed by atoms with Gasteiger partial charge in [0, 0.05) is 18.8 Å². The van der Waals surface area contributed by atoms with Crippen molar-refractivity contribution in [1.82, 2.24) is 4.98 Å². The highest BCUT2D eigenvalue weighted by molar-refractivity contribution is 5.52. The third-order valence-electron chi connectivity index (χ3n) is 3.60. The lowest BCUT2D eigenvalue weighted by atomic mass is 9.94. The molecule has 0 atom stereocenters. The van der Waals surface area contributed by atoms with Gasteiger partial charge >= 0.3 is 0 Å². The Bertz CT molecular complexity index is 365. The second-order valence-electron chi connectivity index (χ2n) is 4.74. The fourth-order valence-corrected chi connectivity index (χ4v) is 2.72. The van der Waals surface area contributed by atoms with Crippen LogP contribution in [0.4, 0.5) is 5.82 Å². The van der Waals surface area contributed by atoms with Gasteiger partial charge in [-0.25, -0.2) is 4.98 Å². The van der Waals surface area contributed by atoms with Crippen molar-refractivity contribution < 1.29 is 9.84 Å². The summed E-state index contributed by atoms with van der Waals surface area (Å²) in [7, 11) is 1.67. The lowest BCUT2D eigenvalue weighted by Gasteiger charge is -2.35. The number of methoxy groups -OCH3 is 1. The second kappa shape index (κ2) is 6.59. The van der Waals surface area contributed by atoms with Crippen molar-refractivity contribution in [1.29, 1.82) is 0 Å². The van der Waals surface area contributed by atoms with Crippen LogP contribution in [0.2, 0.25) is 0 Å². The van der Waals surface area contributed by atoms with E-state index in [1.165, 1.54) is 32.1 Å². The van der Waals surface area contributed by atoms with Gasteiger partial charge in [-0.2, -0.15) is 0 Å². The van der Waals surface area contributed by atoms with E-state index in [2.05, 4.69) is 9.88 Å². The predicted octanol–water partition coefficient (Wildman–Crippen LogP) is 2.22. The van der Waals surface area contributed by atoms with Gasteiger partial charge in [0.05, 0.1) is 13.7 Å². The molecule has 1 aromatic heterocycles. The van der Waals surface area contributed by atoms with Gasteiger partial charge in [0.1, 0.15) is 0 Å². The predicted molar refractivity (Wildman–Crippen MR) is 72.1 cm³/mol. The number of ether oxygens (including phenoxy) is 1. The maximum Gasteiger partial charge on any atom is 0.171 e. The van der Waals surface area contributed by atoms with Crippen LogP contribution in [0.1, 0.15) is 32.1 Å². The molecular weight excluding hydrogens is 228 g/mol. The van der Waals surface area contributed by atoms with Crippen LogP contribution in [0, 0.1) is 0 Å². The van der Waals surface area contributed by atoms with Crippen molar-refractivity contribution in [2.75, 3.05) is 25.2 Å². The van der Waals surface area contributed by atoms with Crippen LogP contribution < -0.4 is 9.64 Å². The molecule has 4 heteroatoms. The molecule has 1 N–H and O–H groups in total. The Morgan fingerprint density at radius 2 is 2.17 bits per heavy atom. The molecule has 0 radical (unpaired) electrons. The minimum atomic E-state index is 0.149. The summed E-state index contributed by atoms with van der Waals surface area (Å²) in [6, 6.07) is 4.28. The van der Waals surface area contributed by atoms with Crippen LogP contribution in [0.5, 0.6) is 5.75 Å². The molecule has 1 heterocycles. The lowest BCUT2D eigenvalue weighted by molar-refractivity contribution is 0.288. The Morgan fingerprint density at radius 3 is 2.83 bits per heavy atom. The maximum absolute atomic E-state index is 9.28. The summed E-state index contributed by atoms with van der Waals surface area (Å²) in [5.41, 5.74) is 0. The zero-order chi connectivity index (χ0) is 12.8. The largest absolute Gasteiger partial charge is 0.493 e. The maximum atomic E-state index is 9.28. The molecule has 18 heavy (non-hydrogen) atoms. The molecule has 1 aliphatic carbocycles. The molecule has 0 amide bonds. The van der Waals surface area contributed by atoms with E-state index in [-0.39, 0.29) is 6.61 Å². The number of hydrogen-bond donors (Lipinski definition) is 1. The summed E-state index contributed by atoms with van der Waals surface area (Å²) in [5, 5.41) is 9.28. The fraction of sp³-hybridized carbons (Fsp3) is 0.643. The normalized spacial score (nSPS) is 16.6. The van der Waals surface area contributed by atoms with Crippen LogP contribution in [-0.4, -0.2) is 36.4 Å². The molecule has 0 bridgehead atoms. The highest BCUT2D eigenvalue weighted by Crippen LogP contribution is 2.31. The monoisotopic (exact) mass is 250 g/mol. The number of aliphatic hydroxyl groups excluding tert-OH is 1. The Balaban J connectivity index is 2.22. The van der Waals surface area contributed by atoms with E-state index in [0.717, 1.165) is 11.6 Å². The minimum absolute atomic E-state index is 0.149. The topological polar surface area (TPSA) is 45.6 Å². The van der Waals surface area contributed by atoms with Crippen LogP contribution in [0.3, 0.4) is 0 Å². The summed E-state index contributed by atoms with van der Waals surface area (Å²) in [6.07, 6.45) is 8.00. The number of anilines is 1. The Morgan fingerprint density at radius 1 is 1.39 bits per heavy atom. The van der Waals surface area contributed by atoms with Crippen molar-refractivity contribution in [3.05, 3.63) is 18.3 Å². The first-order chi connectivity index (χ1) is 8.86. The summed E-state index contributed by atoms with van der Waals surface area (Å²) < 4.78 is 5.38. The zero-order valence-corrected chi connectivity index (χ0v) is 11.0. The SMILES string of the molecule is COc1cccnc1N(CCO)C1CCCCC1. The summed E-state index contributed by atoms with van der Waals surface area (Å²) >= 11 is 0. The summed E-state index contributed by atoms with van der Waals surface area (Å²) in [4.78, 5) is 6.64. The van der Waals surface area contributed by atoms with Crippen molar-refractivity contribution in [3.63, 3.8) is 0 Å². The Kier molecular flexibility index (Phi) is 4.81. The molecule has 1 fully saturated rings. The molecule has 0 unspecified atom stereocenters. The zero-order valence-electron chi connectivity index (χ0n) is 11.0. The quantitative estimate of drug-likeness (QED) is 0.870. The summed E-state index contributed by atoms with van der Waals surface area (Å²) in [5.74, 6) is 1.65. The summed E-state index contributed by atoms with van der Waals surface area (Å²) in [6.45, 7) is 0.772. The van der Waals surface area contributed by atoms with Gasteiger partial charge in [0.2, 0.25) is 0 Å². The van der Waals surface area contributed by atoms with E-state index in [4.69, 9.17) is 4.74 Å². The smallest absolute Gasteiger partial charge is 0.171 e. The number of rotatable bonds is 5. The molecule has 1 aromatic rings. The third-order valence-corrected chi connectivity index (χ3v) is 3.60. The van der Waals surface area contributed by atoms with Crippen LogP contribution in [0.25, 0.3) is 0 Å². The standard InChI is InChI=1S/C14H22N2O2/c1-18-13-8-5-9-15-14(13)16(10-11-17)12-6-3-2-4-7-12/h5,8-9,12,17H,2-4,6-7,10-11H2,1H3. The highest BCUT2D eigenvalue weighted by Gasteiger charge is 2.24. The van der Waals surface area contributed by atoms with E-state index in [9.17, 15) is 5.11 Å². The molecule has 4 nitrogen and oxygen atoms in total. The van der Waals surface area contributed by atoms with E-state index in [1.807, 2.05) is 12.1 Å². The fourth-order valence-electron chi connectivity index (χ4n) is 2.72. The van der Waals surface area contributed by atoms with E-state index in [1.54, 1.807) is 13.3 Å². The Labute approximate surface area is 109 Å². The van der Waals surface area contributed by atoms with Crippen LogP contribution >= 0.6 is 0 Å². The average Bonchev–Trinajstić information content (AvgIpc) is 2.46. The van der Waals surface area contributed by atoms with Gasteiger partial charge < -0.3 is 14.7 Å². The number of aliphatic hydroxyl groups is 1. The van der Waals surface area contributed by atoms with Gasteiger partial charge in [0.25, 0.3) is 0 Å². The van der Waals surface area contributed by atoms with Crippen molar-refractivity contribution in [2.45, 2.75) is 38.1 Å². The van der Waals surface area contributed by atoms with Crippen molar-refractivity contribution in [3.8, 4) is 5.75 Å². The van der Waals surface area contributed by atoms with Gasteiger partial charge in [-0.1, -0.05) is 19.3 Å². The van der Waals surface area contributed by atoms with Crippen LogP contribution in [-0.2, 0) is 0 Å². The highest BCUT2D eigenvalue weighted by atomic mass is 16.5. The Hall–Kier alpha value is -1.29. The van der Waals surface area contributed by atoms with E-state index in [0.29, 0.717) is 12.6 Å². The number of nitrogens with zero attached hydrogens (tertiary/aromatic N) is 2. The molecular formula is C14H22N2O2. The first-order valence-corrected chi connectivity index (χ1v) is 6.73. The second-order valence-corrected chi connectivity index (χ2v) is 4.74. The first-order valence-electron chi connectivity index (χ1n) is 6.73. The van der Waals surface area contributed by atoms with Crippen LogP contribution in [0.15, 0.2) is 18.3 Å². The van der Waals surface area contributed by atoms with Gasteiger partial charge in [0.15, 0.2) is 11.6 Å². The number of pyridine rings is 1. The van der Waals surface area contributed by atoms with E-state index >= 15 is 0 Å². The molecule has 100 valence electrons. The average molecular weight is 250 g/mol. The number of hydrogen-bond acceptors (Lipinski definition) is 4. The third kappa shape index (κ3) is 2.93. The molecule has 0 aromatic carbocycles. The van der Waals surface area contributed by atoms with Gasteiger partial charge in [-0.05, 0) is 25.0 Å². The molecule has 1 saturated carbocycles. The van der Waals surface area contributed by atoms with E-state index < -0.39 is 0 Å². The van der Waals surface area contributed by atoms with Gasteiger partial charge in [-0.3, -0.25) is 0 Å². The van der Waals surface area contributed by atoms with Crippen molar-refractivity contribution >= 4 is 5.82 Å². The molecule has 2 rings (SSSR count). The van der Waals surface area contributed by atoms with Gasteiger partial charge in [-0.15, -0.1) is 0 Å². The first kappa shape index (κ1) is 13.1. The lowest BCUT2D eigenvalue weighted by Crippen LogP contribution is -2.39.